The molecule has 0 aromatic rings. The lowest BCUT2D eigenvalue weighted by molar-refractivity contribution is -0.143. The van der Waals surface area contributed by atoms with Crippen LogP contribution < -0.4 is 5.32 Å². The van der Waals surface area contributed by atoms with Crippen LogP contribution in [0.3, 0.4) is 0 Å². The predicted molar refractivity (Wildman–Crippen MR) is 297 cm³/mol. The van der Waals surface area contributed by atoms with Gasteiger partial charge in [0.1, 0.15) is 0 Å². The molecule has 1 amide bonds. The Morgan fingerprint density at radius 1 is 0.397 bits per heavy atom. The Labute approximate surface area is 425 Å². The van der Waals surface area contributed by atoms with Gasteiger partial charge >= 0.3 is 5.97 Å². The number of nitrogens with one attached hydrogen (secondary N) is 1. The van der Waals surface area contributed by atoms with Crippen molar-refractivity contribution in [3.63, 3.8) is 0 Å². The van der Waals surface area contributed by atoms with Crippen LogP contribution in [0.25, 0.3) is 0 Å². The van der Waals surface area contributed by atoms with E-state index in [9.17, 15) is 19.8 Å². The Morgan fingerprint density at radius 2 is 0.691 bits per heavy atom. The second-order valence-corrected chi connectivity index (χ2v) is 21.4. The van der Waals surface area contributed by atoms with Crippen LogP contribution >= 0.6 is 0 Å². The molecule has 0 saturated carbocycles. The quantitative estimate of drug-likeness (QED) is 0.0321. The average Bonchev–Trinajstić information content (AvgIpc) is 3.34. The molecule has 0 aromatic carbocycles. The lowest BCUT2D eigenvalue weighted by Gasteiger charge is -2.22. The van der Waals surface area contributed by atoms with Crippen molar-refractivity contribution in [3.8, 4) is 0 Å². The molecule has 404 valence electrons. The Hall–Kier alpha value is -1.40. The molecule has 0 aliphatic heterocycles. The second-order valence-electron chi connectivity index (χ2n) is 21.4. The minimum absolute atomic E-state index is 0.0306. The predicted octanol–water partition coefficient (Wildman–Crippen LogP) is 19.2. The number of unbranched alkanes of at least 4 members (excludes halogenated alkanes) is 45. The number of amides is 1. The first-order valence-corrected chi connectivity index (χ1v) is 30.9. The van der Waals surface area contributed by atoms with Gasteiger partial charge in [-0.1, -0.05) is 296 Å². The van der Waals surface area contributed by atoms with Crippen molar-refractivity contribution in [2.24, 2.45) is 0 Å². The standard InChI is InChI=1S/C62H121NO5/c1-3-5-7-9-11-13-15-17-19-21-23-24-25-26-27-28-30-32-34-38-42-46-50-54-60(65)59(58-64)63-61(66)55-51-47-43-39-36-37-41-45-49-53-57-68-62(67)56-52-48-44-40-35-33-31-29-22-20-18-16-14-12-10-8-6-4-2/h37,41,59-60,64-65H,3-36,38-40,42-58H2,1-2H3,(H,63,66)/b41-37-. The van der Waals surface area contributed by atoms with Crippen LogP contribution in [0.2, 0.25) is 0 Å². The fourth-order valence-electron chi connectivity index (χ4n) is 9.81. The summed E-state index contributed by atoms with van der Waals surface area (Å²) in [5.41, 5.74) is 0. The number of carbonyl (C=O) groups is 2. The highest BCUT2D eigenvalue weighted by Gasteiger charge is 2.20. The maximum absolute atomic E-state index is 12.5. The third-order valence-electron chi connectivity index (χ3n) is 14.6. The van der Waals surface area contributed by atoms with Crippen molar-refractivity contribution in [1.29, 1.82) is 0 Å². The van der Waals surface area contributed by atoms with Crippen LogP contribution in [0, 0.1) is 0 Å². The first-order chi connectivity index (χ1) is 33.5. The van der Waals surface area contributed by atoms with E-state index < -0.39 is 12.1 Å². The minimum Gasteiger partial charge on any atom is -0.466 e. The summed E-state index contributed by atoms with van der Waals surface area (Å²) in [5.74, 6) is -0.0967. The highest BCUT2D eigenvalue weighted by Crippen LogP contribution is 2.18. The van der Waals surface area contributed by atoms with Crippen molar-refractivity contribution in [3.05, 3.63) is 12.2 Å². The van der Waals surface area contributed by atoms with Gasteiger partial charge in [0.05, 0.1) is 25.4 Å². The van der Waals surface area contributed by atoms with Crippen molar-refractivity contribution in [2.75, 3.05) is 13.2 Å². The molecule has 0 aromatic heterocycles. The van der Waals surface area contributed by atoms with Crippen LogP contribution in [0.1, 0.15) is 348 Å². The first kappa shape index (κ1) is 66.6. The van der Waals surface area contributed by atoms with E-state index in [1.165, 1.54) is 238 Å². The molecule has 68 heavy (non-hydrogen) atoms. The minimum atomic E-state index is -0.686. The Morgan fingerprint density at radius 3 is 1.04 bits per heavy atom. The van der Waals surface area contributed by atoms with Gasteiger partial charge in [-0.2, -0.15) is 0 Å². The SMILES string of the molecule is CCCCCCCCCCCCCCCCCCCCCCCCCC(O)C(CO)NC(=O)CCCCCC/C=C\CCCCOC(=O)CCCCCCCCCCCCCCCCCCCC. The van der Waals surface area contributed by atoms with Crippen LogP contribution in [-0.2, 0) is 14.3 Å². The number of allylic oxidation sites excluding steroid dienone is 2. The Balaban J connectivity index is 3.47. The smallest absolute Gasteiger partial charge is 0.305 e. The molecule has 0 rings (SSSR count). The monoisotopic (exact) mass is 960 g/mol. The van der Waals surface area contributed by atoms with Crippen LogP contribution in [0.4, 0.5) is 0 Å². The third kappa shape index (κ3) is 53.9. The molecule has 0 fully saturated rings. The van der Waals surface area contributed by atoms with Gasteiger partial charge in [-0.3, -0.25) is 9.59 Å². The number of hydrogen-bond acceptors (Lipinski definition) is 5. The summed E-state index contributed by atoms with van der Waals surface area (Å²) >= 11 is 0. The summed E-state index contributed by atoms with van der Waals surface area (Å²) < 4.78 is 5.46. The van der Waals surface area contributed by atoms with E-state index >= 15 is 0 Å². The lowest BCUT2D eigenvalue weighted by atomic mass is 10.0. The molecule has 2 atom stereocenters. The summed E-state index contributed by atoms with van der Waals surface area (Å²) in [7, 11) is 0. The third-order valence-corrected chi connectivity index (χ3v) is 14.6. The van der Waals surface area contributed by atoms with E-state index in [0.717, 1.165) is 77.0 Å². The normalized spacial score (nSPS) is 12.6. The molecular formula is C62H121NO5. The number of hydrogen-bond donors (Lipinski definition) is 3. The number of ether oxygens (including phenoxy) is 1. The molecule has 2 unspecified atom stereocenters. The molecule has 0 radical (unpaired) electrons. The summed E-state index contributed by atoms with van der Waals surface area (Å²) in [6.45, 7) is 4.90. The lowest BCUT2D eigenvalue weighted by Crippen LogP contribution is -2.45. The second kappa shape index (κ2) is 58.2. The van der Waals surface area contributed by atoms with Crippen molar-refractivity contribution in [2.45, 2.75) is 360 Å². The summed E-state index contributed by atoms with van der Waals surface area (Å²) in [6.07, 6.45) is 69.4. The zero-order valence-electron chi connectivity index (χ0n) is 46.1. The highest BCUT2D eigenvalue weighted by molar-refractivity contribution is 5.76. The topological polar surface area (TPSA) is 95.9 Å². The molecule has 6 heteroatoms. The van der Waals surface area contributed by atoms with Crippen molar-refractivity contribution >= 4 is 11.9 Å². The van der Waals surface area contributed by atoms with Crippen LogP contribution in [0.15, 0.2) is 12.2 Å². The maximum atomic E-state index is 12.5. The van der Waals surface area contributed by atoms with E-state index in [2.05, 4.69) is 31.3 Å². The van der Waals surface area contributed by atoms with Gasteiger partial charge in [0, 0.05) is 12.8 Å². The number of carbonyl (C=O) groups excluding carboxylic acids is 2. The maximum Gasteiger partial charge on any atom is 0.305 e. The van der Waals surface area contributed by atoms with Crippen LogP contribution in [-0.4, -0.2) is 47.4 Å². The number of aliphatic hydroxyl groups is 2. The van der Waals surface area contributed by atoms with Gasteiger partial charge in [-0.05, 0) is 51.4 Å². The van der Waals surface area contributed by atoms with Gasteiger partial charge in [-0.25, -0.2) is 0 Å². The number of rotatable bonds is 58. The molecule has 6 nitrogen and oxygen atoms in total. The Kier molecular flexibility index (Phi) is 57.0. The molecule has 3 N–H and O–H groups in total. The largest absolute Gasteiger partial charge is 0.466 e. The van der Waals surface area contributed by atoms with E-state index in [4.69, 9.17) is 4.74 Å². The molecule has 0 saturated heterocycles. The first-order valence-electron chi connectivity index (χ1n) is 30.9. The molecule has 0 spiro atoms. The molecule has 0 aliphatic rings. The fourth-order valence-corrected chi connectivity index (χ4v) is 9.81. The number of esters is 1. The van der Waals surface area contributed by atoms with Gasteiger partial charge in [0.2, 0.25) is 5.91 Å². The summed E-state index contributed by atoms with van der Waals surface area (Å²) in [5, 5.41) is 23.3. The highest BCUT2D eigenvalue weighted by atomic mass is 16.5. The molecule has 0 aliphatic carbocycles. The van der Waals surface area contributed by atoms with Crippen LogP contribution in [0.5, 0.6) is 0 Å². The van der Waals surface area contributed by atoms with Gasteiger partial charge < -0.3 is 20.3 Å². The van der Waals surface area contributed by atoms with Gasteiger partial charge in [0.25, 0.3) is 0 Å². The fraction of sp³-hybridized carbons (Fsp3) is 0.935. The average molecular weight is 961 g/mol. The van der Waals surface area contributed by atoms with E-state index in [1.54, 1.807) is 0 Å². The molecular weight excluding hydrogens is 839 g/mol. The Bertz CT molecular complexity index is 1020. The summed E-state index contributed by atoms with van der Waals surface area (Å²) in [4.78, 5) is 24.6. The zero-order valence-corrected chi connectivity index (χ0v) is 46.1. The number of aliphatic hydroxyl groups excluding tert-OH is 2. The van der Waals surface area contributed by atoms with Gasteiger partial charge in [-0.15, -0.1) is 0 Å². The summed E-state index contributed by atoms with van der Waals surface area (Å²) in [6, 6.07) is -0.567. The van der Waals surface area contributed by atoms with Crippen molar-refractivity contribution in [1.82, 2.24) is 5.32 Å². The van der Waals surface area contributed by atoms with E-state index in [0.29, 0.717) is 25.9 Å². The van der Waals surface area contributed by atoms with Gasteiger partial charge in [0.15, 0.2) is 0 Å². The van der Waals surface area contributed by atoms with Crippen molar-refractivity contribution < 1.29 is 24.5 Å². The molecule has 0 heterocycles. The zero-order chi connectivity index (χ0) is 49.3. The molecule has 0 bridgehead atoms. The van der Waals surface area contributed by atoms with E-state index in [-0.39, 0.29) is 18.5 Å². The van der Waals surface area contributed by atoms with E-state index in [1.807, 2.05) is 0 Å².